The molecule has 0 rings (SSSR count). The minimum atomic E-state index is -0.754. The second-order valence-electron chi connectivity index (χ2n) is 5.56. The van der Waals surface area contributed by atoms with Crippen LogP contribution in [0, 0.1) is 5.41 Å². The van der Waals surface area contributed by atoms with Crippen LogP contribution in [0.15, 0.2) is 0 Å². The van der Waals surface area contributed by atoms with Crippen molar-refractivity contribution in [2.45, 2.75) is 53.6 Å². The second kappa shape index (κ2) is 5.32. The Morgan fingerprint density at radius 2 is 1.50 bits per heavy atom. The number of carbonyl (C=O) groups is 2. The SMILES string of the molecule is CC(=O)OCC(C)(CC(C)(C)C)OC(C)=O. The van der Waals surface area contributed by atoms with E-state index in [1.807, 2.05) is 20.8 Å². The van der Waals surface area contributed by atoms with E-state index in [9.17, 15) is 9.59 Å². The molecule has 0 aromatic heterocycles. The van der Waals surface area contributed by atoms with Crippen LogP contribution >= 0.6 is 0 Å². The van der Waals surface area contributed by atoms with Gasteiger partial charge in [0, 0.05) is 13.8 Å². The van der Waals surface area contributed by atoms with Gasteiger partial charge in [0.05, 0.1) is 0 Å². The molecule has 0 aromatic carbocycles. The first-order chi connectivity index (χ1) is 7.04. The maximum Gasteiger partial charge on any atom is 0.303 e. The molecule has 0 bridgehead atoms. The van der Waals surface area contributed by atoms with E-state index >= 15 is 0 Å². The monoisotopic (exact) mass is 230 g/mol. The van der Waals surface area contributed by atoms with Crippen molar-refractivity contribution in [3.63, 3.8) is 0 Å². The van der Waals surface area contributed by atoms with Crippen molar-refractivity contribution in [2.75, 3.05) is 6.61 Å². The van der Waals surface area contributed by atoms with Crippen molar-refractivity contribution in [1.82, 2.24) is 0 Å². The highest BCUT2D eigenvalue weighted by Crippen LogP contribution is 2.30. The lowest BCUT2D eigenvalue weighted by Gasteiger charge is -2.34. The molecular formula is C12H22O4. The van der Waals surface area contributed by atoms with Crippen molar-refractivity contribution in [3.05, 3.63) is 0 Å². The molecule has 0 spiro atoms. The Balaban J connectivity index is 4.60. The van der Waals surface area contributed by atoms with Crippen LogP contribution in [-0.2, 0) is 19.1 Å². The Morgan fingerprint density at radius 3 is 1.81 bits per heavy atom. The maximum atomic E-state index is 11.0. The molecule has 0 aliphatic rings. The average molecular weight is 230 g/mol. The third-order valence-electron chi connectivity index (χ3n) is 1.88. The van der Waals surface area contributed by atoms with E-state index in [1.54, 1.807) is 6.92 Å². The number of hydrogen-bond acceptors (Lipinski definition) is 4. The molecule has 0 aliphatic heterocycles. The van der Waals surface area contributed by atoms with E-state index in [-0.39, 0.29) is 24.0 Å². The van der Waals surface area contributed by atoms with Crippen molar-refractivity contribution in [1.29, 1.82) is 0 Å². The van der Waals surface area contributed by atoms with Crippen LogP contribution in [-0.4, -0.2) is 24.1 Å². The van der Waals surface area contributed by atoms with Gasteiger partial charge in [-0.3, -0.25) is 9.59 Å². The van der Waals surface area contributed by atoms with E-state index in [0.717, 1.165) is 0 Å². The lowest BCUT2D eigenvalue weighted by atomic mass is 9.83. The van der Waals surface area contributed by atoms with Gasteiger partial charge in [-0.15, -0.1) is 0 Å². The topological polar surface area (TPSA) is 52.6 Å². The summed E-state index contributed by atoms with van der Waals surface area (Å²) in [7, 11) is 0. The van der Waals surface area contributed by atoms with E-state index in [0.29, 0.717) is 6.42 Å². The van der Waals surface area contributed by atoms with Gasteiger partial charge in [-0.2, -0.15) is 0 Å². The summed E-state index contributed by atoms with van der Waals surface area (Å²) >= 11 is 0. The molecule has 0 aliphatic carbocycles. The molecule has 0 fully saturated rings. The van der Waals surface area contributed by atoms with E-state index in [2.05, 4.69) is 0 Å². The second-order valence-corrected chi connectivity index (χ2v) is 5.56. The van der Waals surface area contributed by atoms with Gasteiger partial charge < -0.3 is 9.47 Å². The van der Waals surface area contributed by atoms with Gasteiger partial charge in [-0.05, 0) is 18.8 Å². The summed E-state index contributed by atoms with van der Waals surface area (Å²) in [5.41, 5.74) is -0.764. The van der Waals surface area contributed by atoms with Gasteiger partial charge in [0.15, 0.2) is 0 Å². The fourth-order valence-corrected chi connectivity index (χ4v) is 1.84. The maximum absolute atomic E-state index is 11.0. The number of hydrogen-bond donors (Lipinski definition) is 0. The molecule has 1 unspecified atom stereocenters. The normalized spacial score (nSPS) is 15.1. The zero-order valence-electron chi connectivity index (χ0n) is 11.0. The van der Waals surface area contributed by atoms with Gasteiger partial charge >= 0.3 is 11.9 Å². The predicted octanol–water partition coefficient (Wildman–Crippen LogP) is 2.31. The van der Waals surface area contributed by atoms with Gasteiger partial charge in [-0.25, -0.2) is 0 Å². The van der Waals surface area contributed by atoms with Crippen LogP contribution in [0.3, 0.4) is 0 Å². The van der Waals surface area contributed by atoms with Crippen molar-refractivity contribution < 1.29 is 19.1 Å². The number of carbonyl (C=O) groups excluding carboxylic acids is 2. The Hall–Kier alpha value is -1.06. The van der Waals surface area contributed by atoms with Crippen LogP contribution in [0.4, 0.5) is 0 Å². The first-order valence-corrected chi connectivity index (χ1v) is 5.37. The molecule has 0 saturated heterocycles. The zero-order valence-corrected chi connectivity index (χ0v) is 11.0. The number of ether oxygens (including phenoxy) is 2. The fourth-order valence-electron chi connectivity index (χ4n) is 1.84. The lowest BCUT2D eigenvalue weighted by Crippen LogP contribution is -2.40. The molecule has 0 amide bonds. The van der Waals surface area contributed by atoms with Crippen LogP contribution < -0.4 is 0 Å². The Labute approximate surface area is 97.3 Å². The standard InChI is InChI=1S/C12H22O4/c1-9(13)15-8-12(6,16-10(2)14)7-11(3,4)5/h7-8H2,1-6H3. The molecule has 0 heterocycles. The first kappa shape index (κ1) is 14.9. The minimum Gasteiger partial charge on any atom is -0.462 e. The van der Waals surface area contributed by atoms with Crippen LogP contribution in [0.25, 0.3) is 0 Å². The summed E-state index contributed by atoms with van der Waals surface area (Å²) in [6.45, 7) is 10.7. The van der Waals surface area contributed by atoms with Gasteiger partial charge in [0.25, 0.3) is 0 Å². The molecule has 0 radical (unpaired) electrons. The van der Waals surface area contributed by atoms with Crippen molar-refractivity contribution >= 4 is 11.9 Å². The molecule has 4 heteroatoms. The minimum absolute atomic E-state index is 0.00957. The van der Waals surface area contributed by atoms with Gasteiger partial charge in [0.2, 0.25) is 0 Å². The molecule has 0 saturated carbocycles. The summed E-state index contributed by atoms with van der Waals surface area (Å²) < 4.78 is 10.2. The summed E-state index contributed by atoms with van der Waals surface area (Å²) in [5.74, 6) is -0.730. The van der Waals surface area contributed by atoms with E-state index in [4.69, 9.17) is 9.47 Å². The van der Waals surface area contributed by atoms with Crippen LogP contribution in [0.2, 0.25) is 0 Å². The van der Waals surface area contributed by atoms with Gasteiger partial charge in [0.1, 0.15) is 12.2 Å². The fraction of sp³-hybridized carbons (Fsp3) is 0.833. The van der Waals surface area contributed by atoms with Crippen molar-refractivity contribution in [3.8, 4) is 0 Å². The van der Waals surface area contributed by atoms with E-state index < -0.39 is 5.60 Å². The summed E-state index contributed by atoms with van der Waals surface area (Å²) in [6.07, 6.45) is 0.632. The van der Waals surface area contributed by atoms with Crippen LogP contribution in [0.5, 0.6) is 0 Å². The summed E-state index contributed by atoms with van der Waals surface area (Å²) in [5, 5.41) is 0. The molecule has 1 atom stereocenters. The highest BCUT2D eigenvalue weighted by Gasteiger charge is 2.34. The number of rotatable bonds is 4. The molecule has 94 valence electrons. The lowest BCUT2D eigenvalue weighted by molar-refractivity contribution is -0.171. The zero-order chi connectivity index (χ0) is 13.0. The van der Waals surface area contributed by atoms with E-state index in [1.165, 1.54) is 13.8 Å². The Kier molecular flexibility index (Phi) is 4.97. The highest BCUT2D eigenvalue weighted by molar-refractivity contribution is 5.67. The largest absolute Gasteiger partial charge is 0.462 e. The third-order valence-corrected chi connectivity index (χ3v) is 1.88. The van der Waals surface area contributed by atoms with Crippen LogP contribution in [0.1, 0.15) is 48.0 Å². The average Bonchev–Trinajstić information content (AvgIpc) is 1.95. The summed E-state index contributed by atoms with van der Waals surface area (Å²) in [4.78, 5) is 21.8. The molecule has 0 aromatic rings. The molecule has 16 heavy (non-hydrogen) atoms. The smallest absolute Gasteiger partial charge is 0.303 e. The Bertz CT molecular complexity index is 265. The first-order valence-electron chi connectivity index (χ1n) is 5.37. The van der Waals surface area contributed by atoms with Gasteiger partial charge in [-0.1, -0.05) is 20.8 Å². The molecule has 0 N–H and O–H groups in total. The quantitative estimate of drug-likeness (QED) is 0.695. The van der Waals surface area contributed by atoms with Crippen molar-refractivity contribution in [2.24, 2.45) is 5.41 Å². The number of esters is 2. The molecule has 4 nitrogen and oxygen atoms in total. The summed E-state index contributed by atoms with van der Waals surface area (Å²) in [6, 6.07) is 0. The third kappa shape index (κ3) is 7.26. The molecular weight excluding hydrogens is 208 g/mol. The highest BCUT2D eigenvalue weighted by atomic mass is 16.6. The Morgan fingerprint density at radius 1 is 1.00 bits per heavy atom. The predicted molar refractivity (Wildman–Crippen MR) is 60.9 cm³/mol.